The first kappa shape index (κ1) is 36.9. The lowest BCUT2D eigenvalue weighted by atomic mass is 9.43. The molecule has 6 unspecified atom stereocenters. The fraction of sp³-hybridized carbons (Fsp3) is 0.641. The maximum absolute atomic E-state index is 13.8. The Morgan fingerprint density at radius 2 is 1.92 bits per heavy atom. The molecule has 2 saturated heterocycles. The molecular formula is C39H54N6O7. The zero-order valence-electron chi connectivity index (χ0n) is 31.0. The monoisotopic (exact) mass is 718 g/mol. The molecule has 0 aromatic heterocycles. The van der Waals surface area contributed by atoms with Gasteiger partial charge >= 0.3 is 5.97 Å². The van der Waals surface area contributed by atoms with Gasteiger partial charge in [0.2, 0.25) is 11.9 Å². The van der Waals surface area contributed by atoms with Crippen molar-refractivity contribution < 1.29 is 34.0 Å². The topological polar surface area (TPSA) is 161 Å². The van der Waals surface area contributed by atoms with Crippen LogP contribution in [0.25, 0.3) is 6.08 Å². The molecule has 13 heteroatoms. The van der Waals surface area contributed by atoms with E-state index >= 15 is 0 Å². The normalized spacial score (nSPS) is 36.2. The van der Waals surface area contributed by atoms with Gasteiger partial charge in [0, 0.05) is 56.6 Å². The van der Waals surface area contributed by atoms with E-state index in [1.165, 1.54) is 0 Å². The van der Waals surface area contributed by atoms with E-state index in [9.17, 15) is 19.8 Å². The third-order valence-corrected chi connectivity index (χ3v) is 12.9. The van der Waals surface area contributed by atoms with Crippen molar-refractivity contribution in [1.82, 2.24) is 15.5 Å². The van der Waals surface area contributed by atoms with Crippen LogP contribution in [0, 0.1) is 22.7 Å². The number of aliphatic hydroxyl groups excluding tert-OH is 2. The number of cyclic esters (lactones) is 1. The first-order valence-corrected chi connectivity index (χ1v) is 18.7. The summed E-state index contributed by atoms with van der Waals surface area (Å²) in [5.41, 5.74) is 0.851. The zero-order chi connectivity index (χ0) is 36.8. The van der Waals surface area contributed by atoms with E-state index in [4.69, 9.17) is 14.2 Å². The van der Waals surface area contributed by atoms with Crippen molar-refractivity contribution in [3.63, 3.8) is 0 Å². The van der Waals surface area contributed by atoms with Crippen LogP contribution in [-0.4, -0.2) is 129 Å². The Labute approximate surface area is 306 Å². The summed E-state index contributed by atoms with van der Waals surface area (Å²) < 4.78 is 18.2. The summed E-state index contributed by atoms with van der Waals surface area (Å²) in [6.45, 7) is 9.78. The SMILES string of the molecule is CC(NC(CC1C2(CO2)C(N2CCOCC2)CC2[C@]1(C)CC[C@@H](O)[C@@]2(C)CO)C1=C/C(=C\c2ccc(N(C)C)cc2)OC1=O)C(=O)NC1=NCC=N1. The van der Waals surface area contributed by atoms with Crippen molar-refractivity contribution in [2.24, 2.45) is 32.7 Å². The Balaban J connectivity index is 1.26. The number of esters is 1. The molecule has 6 aliphatic rings. The number of allylic oxidation sites excluding steroid dienone is 1. The van der Waals surface area contributed by atoms with Crippen molar-refractivity contribution in [3.05, 3.63) is 47.2 Å². The van der Waals surface area contributed by atoms with Crippen molar-refractivity contribution in [1.29, 1.82) is 0 Å². The smallest absolute Gasteiger partial charge is 0.341 e. The number of aliphatic hydroxyl groups is 2. The molecule has 4 heterocycles. The van der Waals surface area contributed by atoms with Crippen LogP contribution in [0.3, 0.4) is 0 Å². The van der Waals surface area contributed by atoms with Crippen molar-refractivity contribution in [2.45, 2.75) is 76.3 Å². The third kappa shape index (κ3) is 6.75. The van der Waals surface area contributed by atoms with Crippen LogP contribution in [0.1, 0.15) is 52.0 Å². The van der Waals surface area contributed by atoms with Crippen LogP contribution in [0.15, 0.2) is 51.7 Å². The molecule has 2 saturated carbocycles. The van der Waals surface area contributed by atoms with E-state index in [0.717, 1.165) is 37.2 Å². The highest BCUT2D eigenvalue weighted by Gasteiger charge is 2.71. The van der Waals surface area contributed by atoms with Gasteiger partial charge in [-0.1, -0.05) is 26.0 Å². The number of epoxide rings is 1. The van der Waals surface area contributed by atoms with Crippen LogP contribution in [-0.2, 0) is 23.8 Å². The van der Waals surface area contributed by atoms with Gasteiger partial charge < -0.3 is 29.3 Å². The van der Waals surface area contributed by atoms with Gasteiger partial charge in [0.15, 0.2) is 0 Å². The summed E-state index contributed by atoms with van der Waals surface area (Å²) in [5, 5.41) is 28.6. The number of rotatable bonds is 10. The van der Waals surface area contributed by atoms with Crippen molar-refractivity contribution in [3.8, 4) is 0 Å². The molecule has 1 aromatic rings. The summed E-state index contributed by atoms with van der Waals surface area (Å²) in [4.78, 5) is 40.2. The number of guanidine groups is 1. The Bertz CT molecular complexity index is 1650. The van der Waals surface area contributed by atoms with Crippen LogP contribution >= 0.6 is 0 Å². The summed E-state index contributed by atoms with van der Waals surface area (Å²) in [6, 6.07) is 6.74. The lowest BCUT2D eigenvalue weighted by molar-refractivity contribution is -0.197. The highest BCUT2D eigenvalue weighted by atomic mass is 16.6. The minimum atomic E-state index is -0.714. The van der Waals surface area contributed by atoms with Crippen molar-refractivity contribution >= 4 is 35.8 Å². The largest absolute Gasteiger partial charge is 0.423 e. The van der Waals surface area contributed by atoms with E-state index in [1.807, 2.05) is 56.3 Å². The van der Waals surface area contributed by atoms with E-state index in [0.29, 0.717) is 50.5 Å². The molecule has 4 fully saturated rings. The maximum atomic E-state index is 13.8. The highest BCUT2D eigenvalue weighted by molar-refractivity contribution is 6.04. The maximum Gasteiger partial charge on any atom is 0.341 e. The zero-order valence-corrected chi connectivity index (χ0v) is 31.0. The molecule has 1 spiro atoms. The summed E-state index contributed by atoms with van der Waals surface area (Å²) in [7, 11) is 3.97. The first-order valence-electron chi connectivity index (χ1n) is 18.7. The fourth-order valence-electron chi connectivity index (χ4n) is 9.85. The second-order valence-corrected chi connectivity index (χ2v) is 16.1. The number of hydrogen-bond acceptors (Lipinski definition) is 12. The number of carbonyl (C=O) groups excluding carboxylic acids is 2. The second kappa shape index (κ2) is 14.4. The standard InChI is InChI=1S/C39H54N6O7/c1-24(34(48)43-36-40-12-13-41-36)42-29(28-19-27(52-35(28)49)18-25-6-8-26(9-7-25)44(4)5)20-31-37(2)11-10-33(47)38(3,22-46)30(37)21-32(39(31)23-51-39)45-14-16-50-17-15-45/h6-9,12,18-19,24,29-33,42,46-47H,10-11,13-17,20-23H2,1-5H3,(H,41,43,48)/b27-18+/t24?,29?,30?,31?,32?,33-,37+,38+,39?/m1/s1. The number of aliphatic imine (C=N–C) groups is 2. The Kier molecular flexibility index (Phi) is 10.2. The average Bonchev–Trinajstić information content (AvgIpc) is 3.56. The van der Waals surface area contributed by atoms with Gasteiger partial charge in [0.25, 0.3) is 0 Å². The fourth-order valence-corrected chi connectivity index (χ4v) is 9.85. The van der Waals surface area contributed by atoms with Gasteiger partial charge in [0.1, 0.15) is 11.4 Å². The molecule has 4 aliphatic heterocycles. The number of nitrogens with one attached hydrogen (secondary N) is 2. The quantitative estimate of drug-likeness (QED) is 0.209. The predicted octanol–water partition coefficient (Wildman–Crippen LogP) is 2.14. The number of morpholine rings is 1. The third-order valence-electron chi connectivity index (χ3n) is 12.9. The Morgan fingerprint density at radius 1 is 1.19 bits per heavy atom. The predicted molar refractivity (Wildman–Crippen MR) is 198 cm³/mol. The lowest BCUT2D eigenvalue weighted by Crippen LogP contribution is -2.68. The van der Waals surface area contributed by atoms with Crippen LogP contribution in [0.2, 0.25) is 0 Å². The van der Waals surface area contributed by atoms with Gasteiger partial charge in [-0.15, -0.1) is 0 Å². The van der Waals surface area contributed by atoms with Gasteiger partial charge in [0.05, 0.1) is 50.7 Å². The number of fused-ring (bicyclic) bond motifs is 1. The Morgan fingerprint density at radius 3 is 2.56 bits per heavy atom. The van der Waals surface area contributed by atoms with Gasteiger partial charge in [-0.05, 0) is 79.7 Å². The van der Waals surface area contributed by atoms with Gasteiger partial charge in [-0.3, -0.25) is 20.3 Å². The Hall–Kier alpha value is -3.46. The summed E-state index contributed by atoms with van der Waals surface area (Å²) >= 11 is 0. The molecule has 13 nitrogen and oxygen atoms in total. The molecule has 2 aliphatic carbocycles. The number of hydrogen-bond donors (Lipinski definition) is 4. The van der Waals surface area contributed by atoms with Gasteiger partial charge in [-0.25, -0.2) is 14.8 Å². The molecule has 1 amide bonds. The molecule has 0 radical (unpaired) electrons. The minimum Gasteiger partial charge on any atom is -0.423 e. The van der Waals surface area contributed by atoms with Gasteiger partial charge in [-0.2, -0.15) is 0 Å². The molecule has 7 rings (SSSR count). The number of anilines is 1. The average molecular weight is 719 g/mol. The number of ether oxygens (including phenoxy) is 3. The molecule has 1 aromatic carbocycles. The van der Waals surface area contributed by atoms with E-state index in [2.05, 4.69) is 32.4 Å². The number of nitrogens with zero attached hydrogens (tertiary/aromatic N) is 4. The summed E-state index contributed by atoms with van der Waals surface area (Å²) in [5.74, 6) is -0.172. The van der Waals surface area contributed by atoms with Crippen LogP contribution in [0.5, 0.6) is 0 Å². The first-order chi connectivity index (χ1) is 24.9. The molecule has 282 valence electrons. The lowest BCUT2D eigenvalue weighted by Gasteiger charge is -2.64. The number of carbonyl (C=O) groups is 2. The number of benzene rings is 1. The van der Waals surface area contributed by atoms with Crippen LogP contribution < -0.4 is 15.5 Å². The van der Waals surface area contributed by atoms with Crippen LogP contribution in [0.4, 0.5) is 5.69 Å². The number of amides is 1. The summed E-state index contributed by atoms with van der Waals surface area (Å²) in [6.07, 6.45) is 7.21. The van der Waals surface area contributed by atoms with E-state index < -0.39 is 35.2 Å². The molecule has 9 atom stereocenters. The minimum absolute atomic E-state index is 0.0221. The second-order valence-electron chi connectivity index (χ2n) is 16.1. The van der Waals surface area contributed by atoms with Crippen molar-refractivity contribution in [2.75, 3.05) is 65.1 Å². The molecular weight excluding hydrogens is 664 g/mol. The molecule has 52 heavy (non-hydrogen) atoms. The molecule has 0 bridgehead atoms. The van der Waals surface area contributed by atoms with E-state index in [1.54, 1.807) is 19.2 Å². The highest BCUT2D eigenvalue weighted by Crippen LogP contribution is 2.67. The van der Waals surface area contributed by atoms with E-state index in [-0.39, 0.29) is 41.8 Å². The molecule has 4 N–H and O–H groups in total.